The average molecular weight is 820 g/mol. The van der Waals surface area contributed by atoms with Crippen LogP contribution in [-0.2, 0) is 52.8 Å². The third kappa shape index (κ3) is 11.7. The van der Waals surface area contributed by atoms with E-state index < -0.39 is 54.8 Å². The maximum atomic E-state index is 13.8. The number of hydrogen-bond acceptors (Lipinski definition) is 9. The summed E-state index contributed by atoms with van der Waals surface area (Å²) >= 11 is 0. The van der Waals surface area contributed by atoms with Crippen molar-refractivity contribution in [2.24, 2.45) is 0 Å². The quantitative estimate of drug-likeness (QED) is 0.129. The normalized spacial score (nSPS) is 15.0. The first-order valence-electron chi connectivity index (χ1n) is 19.9. The van der Waals surface area contributed by atoms with Gasteiger partial charge in [0, 0.05) is 37.6 Å². The lowest BCUT2D eigenvalue weighted by Gasteiger charge is -2.29. The number of aryl methyl sites for hydroxylation is 1. The highest BCUT2D eigenvalue weighted by Gasteiger charge is 2.31. The number of carbonyl (C=O) groups excluding carboxylic acids is 6. The Labute approximate surface area is 350 Å². The van der Waals surface area contributed by atoms with Gasteiger partial charge in [0.1, 0.15) is 23.6 Å². The maximum absolute atomic E-state index is 13.8. The second-order valence-corrected chi connectivity index (χ2v) is 14.5. The zero-order chi connectivity index (χ0) is 43.2. The second kappa shape index (κ2) is 21.3. The van der Waals surface area contributed by atoms with Crippen molar-refractivity contribution in [2.45, 2.75) is 57.5 Å². The molecule has 0 radical (unpaired) electrons. The van der Waals surface area contributed by atoms with E-state index in [4.69, 9.17) is 14.2 Å². The monoisotopic (exact) mass is 819 g/mol. The van der Waals surface area contributed by atoms with E-state index in [1.807, 2.05) is 24.3 Å². The fourth-order valence-corrected chi connectivity index (χ4v) is 6.98. The first-order valence-corrected chi connectivity index (χ1v) is 19.9. The summed E-state index contributed by atoms with van der Waals surface area (Å²) in [6, 6.07) is 24.3. The van der Waals surface area contributed by atoms with Crippen LogP contribution in [0.15, 0.2) is 84.9 Å². The summed E-state index contributed by atoms with van der Waals surface area (Å²) in [5.74, 6) is -2.42. The molecule has 0 saturated carbocycles. The molecule has 316 valence electrons. The number of amides is 5. The van der Waals surface area contributed by atoms with Crippen molar-refractivity contribution < 1.29 is 43.0 Å². The van der Waals surface area contributed by atoms with Crippen molar-refractivity contribution in [1.29, 1.82) is 0 Å². The van der Waals surface area contributed by atoms with Crippen LogP contribution in [0.25, 0.3) is 22.3 Å². The number of unbranched alkanes of at least 4 members (excludes halogenated alkanes) is 1. The number of ether oxygens (including phenoxy) is 3. The lowest BCUT2D eigenvalue weighted by Crippen LogP contribution is -2.50. The summed E-state index contributed by atoms with van der Waals surface area (Å²) in [5, 5.41) is 10.5. The molecule has 5 rings (SSSR count). The molecular formula is C46H53N5O9. The molecule has 2 atom stereocenters. The van der Waals surface area contributed by atoms with Gasteiger partial charge < -0.3 is 40.4 Å². The van der Waals surface area contributed by atoms with Crippen LogP contribution in [0, 0.1) is 0 Å². The van der Waals surface area contributed by atoms with Crippen molar-refractivity contribution >= 4 is 35.5 Å². The zero-order valence-corrected chi connectivity index (χ0v) is 34.7. The standard InChI is InChI=1S/C46H53N5O9/c1-6-7-8-29-9-14-32(15-10-29)33-16-11-30(12-17-33)25-41(53)47-22-21-40(52)48-28-43(55)51(2)44-34-18-20-39(59-4)36(26-34)35-23-31(13-19-38(35)58-3)24-37(46(57)60-5)50-42(54)27-49-45(44)56/h9-20,23,26,37,44H,6-8,21-22,24-25,27-28H2,1-5H3,(H,47,53)(H,48,52)(H,49,56)(H,50,54). The van der Waals surface area contributed by atoms with E-state index in [9.17, 15) is 28.8 Å². The highest BCUT2D eigenvalue weighted by Crippen LogP contribution is 2.39. The number of rotatable bonds is 15. The number of carbonyl (C=O) groups is 6. The molecule has 0 fully saturated rings. The number of methoxy groups -OCH3 is 3. The van der Waals surface area contributed by atoms with E-state index in [0.29, 0.717) is 33.8 Å². The van der Waals surface area contributed by atoms with E-state index in [1.54, 1.807) is 36.4 Å². The van der Waals surface area contributed by atoms with Crippen LogP contribution in [0.1, 0.15) is 54.5 Å². The van der Waals surface area contributed by atoms with Crippen LogP contribution >= 0.6 is 0 Å². The van der Waals surface area contributed by atoms with Gasteiger partial charge in [0.2, 0.25) is 29.5 Å². The van der Waals surface area contributed by atoms with Gasteiger partial charge >= 0.3 is 5.97 Å². The number of nitrogens with one attached hydrogen (secondary N) is 4. The fraction of sp³-hybridized carbons (Fsp3) is 0.348. The first-order chi connectivity index (χ1) is 28.9. The van der Waals surface area contributed by atoms with Gasteiger partial charge in [-0.3, -0.25) is 24.0 Å². The SMILES string of the molecule is CCCCc1ccc(-c2ccc(CC(=O)NCCC(=O)NCC(=O)N(C)C3C(=O)NCC(=O)NC(C(=O)OC)Cc4ccc(OC)c(c4)-c4cc3ccc4OC)cc2)cc1. The molecule has 4 bridgehead atoms. The molecule has 0 aliphatic carbocycles. The van der Waals surface area contributed by atoms with E-state index in [0.717, 1.165) is 36.0 Å². The minimum Gasteiger partial charge on any atom is -0.496 e. The van der Waals surface area contributed by atoms with Crippen LogP contribution in [0.2, 0.25) is 0 Å². The lowest BCUT2D eigenvalue weighted by atomic mass is 9.94. The van der Waals surface area contributed by atoms with Gasteiger partial charge in [0.15, 0.2) is 0 Å². The minimum absolute atomic E-state index is 0.0559. The molecule has 4 N–H and O–H groups in total. The van der Waals surface area contributed by atoms with Gasteiger partial charge in [0.05, 0.1) is 40.8 Å². The Morgan fingerprint density at radius 2 is 1.42 bits per heavy atom. The Balaban J connectivity index is 1.21. The Kier molecular flexibility index (Phi) is 15.8. The smallest absolute Gasteiger partial charge is 0.328 e. The topological polar surface area (TPSA) is 181 Å². The number of likely N-dealkylation sites (N-methyl/N-ethyl adjacent to an activating group) is 1. The van der Waals surface area contributed by atoms with Crippen LogP contribution in [0.3, 0.4) is 0 Å². The summed E-state index contributed by atoms with van der Waals surface area (Å²) in [5.41, 5.74) is 6.49. The highest BCUT2D eigenvalue weighted by atomic mass is 16.5. The van der Waals surface area contributed by atoms with Crippen molar-refractivity contribution in [3.8, 4) is 33.8 Å². The molecule has 60 heavy (non-hydrogen) atoms. The minimum atomic E-state index is -1.26. The molecule has 5 amide bonds. The van der Waals surface area contributed by atoms with Crippen LogP contribution in [-0.4, -0.2) is 94.5 Å². The Hall–Kier alpha value is -6.70. The summed E-state index contributed by atoms with van der Waals surface area (Å²) in [7, 11) is 5.63. The molecular weight excluding hydrogens is 767 g/mol. The summed E-state index contributed by atoms with van der Waals surface area (Å²) in [4.78, 5) is 79.7. The number of esters is 1. The van der Waals surface area contributed by atoms with Crippen LogP contribution in [0.5, 0.6) is 11.5 Å². The summed E-state index contributed by atoms with van der Waals surface area (Å²) < 4.78 is 16.3. The molecule has 1 aliphatic rings. The van der Waals surface area contributed by atoms with E-state index in [-0.39, 0.29) is 31.7 Å². The van der Waals surface area contributed by atoms with Gasteiger partial charge in [-0.1, -0.05) is 74.0 Å². The summed E-state index contributed by atoms with van der Waals surface area (Å²) in [6.45, 7) is 1.30. The number of fused-ring (bicyclic) bond motifs is 5. The van der Waals surface area contributed by atoms with Crippen molar-refractivity contribution in [3.05, 3.63) is 107 Å². The first kappa shape index (κ1) is 44.4. The highest BCUT2D eigenvalue weighted by molar-refractivity contribution is 5.94. The van der Waals surface area contributed by atoms with Crippen molar-refractivity contribution in [3.63, 3.8) is 0 Å². The zero-order valence-electron chi connectivity index (χ0n) is 34.7. The molecule has 14 nitrogen and oxygen atoms in total. The van der Waals surface area contributed by atoms with Gasteiger partial charge in [-0.25, -0.2) is 4.79 Å². The van der Waals surface area contributed by atoms with E-state index in [1.165, 1.54) is 38.8 Å². The third-order valence-electron chi connectivity index (χ3n) is 10.3. The predicted molar refractivity (Wildman–Crippen MR) is 226 cm³/mol. The fourth-order valence-electron chi connectivity index (χ4n) is 6.98. The van der Waals surface area contributed by atoms with Gasteiger partial charge in [-0.2, -0.15) is 0 Å². The Morgan fingerprint density at radius 3 is 2.05 bits per heavy atom. The van der Waals surface area contributed by atoms with Crippen LogP contribution < -0.4 is 30.7 Å². The maximum Gasteiger partial charge on any atom is 0.328 e. The molecule has 4 aromatic rings. The molecule has 0 saturated heterocycles. The molecule has 0 aromatic heterocycles. The van der Waals surface area contributed by atoms with Gasteiger partial charge in [-0.15, -0.1) is 0 Å². The lowest BCUT2D eigenvalue weighted by molar-refractivity contribution is -0.145. The summed E-state index contributed by atoms with van der Waals surface area (Å²) in [6.07, 6.45) is 3.53. The number of hydrogen-bond donors (Lipinski definition) is 4. The molecule has 1 heterocycles. The predicted octanol–water partition coefficient (Wildman–Crippen LogP) is 4.08. The number of benzene rings is 4. The molecule has 2 unspecified atom stereocenters. The third-order valence-corrected chi connectivity index (χ3v) is 10.3. The van der Waals surface area contributed by atoms with Gasteiger partial charge in [-0.05, 0) is 70.5 Å². The van der Waals surface area contributed by atoms with Crippen LogP contribution in [0.4, 0.5) is 0 Å². The van der Waals surface area contributed by atoms with Gasteiger partial charge in [0.25, 0.3) is 0 Å². The molecule has 0 spiro atoms. The average Bonchev–Trinajstić information content (AvgIpc) is 3.26. The second-order valence-electron chi connectivity index (χ2n) is 14.5. The largest absolute Gasteiger partial charge is 0.496 e. The Bertz CT molecular complexity index is 2170. The molecule has 1 aliphatic heterocycles. The molecule has 4 aromatic carbocycles. The van der Waals surface area contributed by atoms with Crippen molar-refractivity contribution in [1.82, 2.24) is 26.2 Å². The Morgan fingerprint density at radius 1 is 0.783 bits per heavy atom. The van der Waals surface area contributed by atoms with Crippen molar-refractivity contribution in [2.75, 3.05) is 48.0 Å². The molecule has 14 heteroatoms. The van der Waals surface area contributed by atoms with E-state index in [2.05, 4.69) is 52.5 Å². The number of nitrogens with zero attached hydrogens (tertiary/aromatic N) is 1. The van der Waals surface area contributed by atoms with E-state index >= 15 is 0 Å².